The highest BCUT2D eigenvalue weighted by atomic mass is 35.5. The maximum Gasteiger partial charge on any atom is 0.165 e. The predicted molar refractivity (Wildman–Crippen MR) is 73.2 cm³/mol. The zero-order chi connectivity index (χ0) is 13.6. The van der Waals surface area contributed by atoms with Gasteiger partial charge >= 0.3 is 0 Å². The first kappa shape index (κ1) is 14.9. The van der Waals surface area contributed by atoms with E-state index >= 15 is 0 Å². The van der Waals surface area contributed by atoms with Crippen molar-refractivity contribution in [2.75, 3.05) is 12.3 Å². The molecule has 1 aliphatic rings. The molecule has 4 unspecified atom stereocenters. The molecule has 0 bridgehead atoms. The average Bonchev–Trinajstić information content (AvgIpc) is 2.94. The van der Waals surface area contributed by atoms with Crippen LogP contribution in [-0.2, 0) is 0 Å². The summed E-state index contributed by atoms with van der Waals surface area (Å²) in [7, 11) is 0. The SMILES string of the molecule is Cl.Nc1ncnc2c1ncn2C1CC(CO)C(O)C1O. The van der Waals surface area contributed by atoms with Crippen LogP contribution in [0.2, 0.25) is 0 Å². The molecule has 2 heterocycles. The number of halogens is 1. The molecular weight excluding hydrogens is 286 g/mol. The molecule has 0 saturated heterocycles. The summed E-state index contributed by atoms with van der Waals surface area (Å²) < 4.78 is 1.68. The molecule has 2 aromatic rings. The minimum atomic E-state index is -0.967. The van der Waals surface area contributed by atoms with E-state index in [1.165, 1.54) is 12.7 Å². The number of fused-ring (bicyclic) bond motifs is 1. The van der Waals surface area contributed by atoms with Crippen molar-refractivity contribution < 1.29 is 15.3 Å². The Morgan fingerprint density at radius 2 is 2.00 bits per heavy atom. The van der Waals surface area contributed by atoms with Crippen molar-refractivity contribution >= 4 is 29.4 Å². The summed E-state index contributed by atoms with van der Waals surface area (Å²) in [6.07, 6.45) is 1.39. The summed E-state index contributed by atoms with van der Waals surface area (Å²) in [5.41, 5.74) is 6.69. The molecule has 2 aromatic heterocycles. The van der Waals surface area contributed by atoms with Crippen molar-refractivity contribution in [3.8, 4) is 0 Å². The molecule has 5 N–H and O–H groups in total. The number of nitrogens with zero attached hydrogens (tertiary/aromatic N) is 4. The molecule has 9 heteroatoms. The number of anilines is 1. The number of nitrogens with two attached hydrogens (primary N) is 1. The Kier molecular flexibility index (Phi) is 4.09. The number of hydrogen-bond acceptors (Lipinski definition) is 7. The summed E-state index contributed by atoms with van der Waals surface area (Å²) in [6.45, 7) is -0.168. The van der Waals surface area contributed by atoms with Crippen LogP contribution in [-0.4, -0.2) is 53.7 Å². The summed E-state index contributed by atoms with van der Waals surface area (Å²) in [6, 6.07) is -0.383. The van der Waals surface area contributed by atoms with E-state index < -0.39 is 12.2 Å². The lowest BCUT2D eigenvalue weighted by atomic mass is 10.1. The molecular formula is C11H16ClN5O3. The Labute approximate surface area is 120 Å². The maximum atomic E-state index is 10.1. The third kappa shape index (κ3) is 2.10. The highest BCUT2D eigenvalue weighted by Crippen LogP contribution is 2.36. The first-order valence-corrected chi connectivity index (χ1v) is 6.03. The van der Waals surface area contributed by atoms with Crippen LogP contribution in [0.1, 0.15) is 12.5 Å². The highest BCUT2D eigenvalue weighted by molar-refractivity contribution is 5.85. The molecule has 0 radical (unpaired) electrons. The van der Waals surface area contributed by atoms with E-state index in [9.17, 15) is 15.3 Å². The van der Waals surface area contributed by atoms with Crippen LogP contribution in [0.3, 0.4) is 0 Å². The summed E-state index contributed by atoms with van der Waals surface area (Å²) in [5, 5.41) is 29.1. The Bertz CT molecular complexity index is 607. The normalized spacial score (nSPS) is 29.6. The van der Waals surface area contributed by atoms with Gasteiger partial charge in [-0.2, -0.15) is 0 Å². The molecule has 110 valence electrons. The van der Waals surface area contributed by atoms with Crippen LogP contribution in [0, 0.1) is 5.92 Å². The van der Waals surface area contributed by atoms with Crippen LogP contribution in [0.25, 0.3) is 11.2 Å². The fourth-order valence-electron chi connectivity index (χ4n) is 2.67. The molecule has 3 rings (SSSR count). The van der Waals surface area contributed by atoms with Gasteiger partial charge in [0, 0.05) is 12.5 Å². The first-order chi connectivity index (χ1) is 9.13. The fourth-order valence-corrected chi connectivity index (χ4v) is 2.67. The van der Waals surface area contributed by atoms with Crippen LogP contribution in [0.4, 0.5) is 5.82 Å². The minimum absolute atomic E-state index is 0. The molecule has 0 spiro atoms. The molecule has 1 fully saturated rings. The highest BCUT2D eigenvalue weighted by Gasteiger charge is 2.42. The second kappa shape index (κ2) is 5.49. The first-order valence-electron chi connectivity index (χ1n) is 6.03. The largest absolute Gasteiger partial charge is 0.396 e. The second-order valence-corrected chi connectivity index (χ2v) is 4.81. The van der Waals surface area contributed by atoms with Gasteiger partial charge in [0.05, 0.1) is 18.5 Å². The fraction of sp³-hybridized carbons (Fsp3) is 0.545. The van der Waals surface area contributed by atoms with Crippen LogP contribution in [0.5, 0.6) is 0 Å². The van der Waals surface area contributed by atoms with Crippen molar-refractivity contribution in [2.24, 2.45) is 5.92 Å². The monoisotopic (exact) mass is 301 g/mol. The van der Waals surface area contributed by atoms with E-state index in [2.05, 4.69) is 15.0 Å². The summed E-state index contributed by atoms with van der Waals surface area (Å²) >= 11 is 0. The van der Waals surface area contributed by atoms with E-state index in [0.717, 1.165) is 0 Å². The van der Waals surface area contributed by atoms with E-state index in [-0.39, 0.29) is 36.8 Å². The Balaban J connectivity index is 0.00000147. The van der Waals surface area contributed by atoms with E-state index in [4.69, 9.17) is 5.73 Å². The summed E-state index contributed by atoms with van der Waals surface area (Å²) in [4.78, 5) is 12.1. The Hall–Kier alpha value is -1.48. The lowest BCUT2D eigenvalue weighted by Crippen LogP contribution is -2.30. The molecule has 1 aliphatic carbocycles. The van der Waals surface area contributed by atoms with E-state index in [1.54, 1.807) is 4.57 Å². The van der Waals surface area contributed by atoms with Crippen LogP contribution in [0.15, 0.2) is 12.7 Å². The molecule has 0 aliphatic heterocycles. The molecule has 20 heavy (non-hydrogen) atoms. The molecule has 1 saturated carbocycles. The lowest BCUT2D eigenvalue weighted by Gasteiger charge is -2.18. The molecule has 0 amide bonds. The number of aliphatic hydroxyl groups is 3. The van der Waals surface area contributed by atoms with E-state index in [0.29, 0.717) is 17.6 Å². The van der Waals surface area contributed by atoms with Crippen molar-refractivity contribution in [1.82, 2.24) is 19.5 Å². The number of aliphatic hydroxyl groups excluding tert-OH is 3. The topological polar surface area (TPSA) is 130 Å². The zero-order valence-corrected chi connectivity index (χ0v) is 11.3. The zero-order valence-electron chi connectivity index (χ0n) is 10.5. The third-order valence-corrected chi connectivity index (χ3v) is 3.75. The Morgan fingerprint density at radius 1 is 1.25 bits per heavy atom. The lowest BCUT2D eigenvalue weighted by molar-refractivity contribution is -0.00370. The van der Waals surface area contributed by atoms with Gasteiger partial charge in [0.25, 0.3) is 0 Å². The van der Waals surface area contributed by atoms with Gasteiger partial charge < -0.3 is 25.6 Å². The molecule has 4 atom stereocenters. The standard InChI is InChI=1S/C11H15N5O3.ClH/c12-10-7-11(14-3-13-10)16(4-15-7)6-1-5(2-17)8(18)9(6)19;/h3-6,8-9,17-19H,1-2H2,(H2,12,13,14);1H. The van der Waals surface area contributed by atoms with Gasteiger partial charge in [-0.15, -0.1) is 12.4 Å². The predicted octanol–water partition coefficient (Wildman–Crippen LogP) is -0.895. The number of hydrogen-bond donors (Lipinski definition) is 4. The molecule has 0 aromatic carbocycles. The third-order valence-electron chi connectivity index (χ3n) is 3.75. The van der Waals surface area contributed by atoms with Gasteiger partial charge in [-0.25, -0.2) is 15.0 Å². The number of rotatable bonds is 2. The maximum absolute atomic E-state index is 10.1. The molecule has 8 nitrogen and oxygen atoms in total. The van der Waals surface area contributed by atoms with Gasteiger partial charge in [-0.05, 0) is 6.42 Å². The number of imidazole rings is 1. The van der Waals surface area contributed by atoms with E-state index in [1.807, 2.05) is 0 Å². The van der Waals surface area contributed by atoms with Gasteiger partial charge in [-0.3, -0.25) is 0 Å². The van der Waals surface area contributed by atoms with Gasteiger partial charge in [0.1, 0.15) is 17.9 Å². The quantitative estimate of drug-likeness (QED) is 0.566. The van der Waals surface area contributed by atoms with Crippen molar-refractivity contribution in [2.45, 2.75) is 24.7 Å². The Morgan fingerprint density at radius 3 is 2.65 bits per heavy atom. The van der Waals surface area contributed by atoms with Crippen molar-refractivity contribution in [1.29, 1.82) is 0 Å². The van der Waals surface area contributed by atoms with Crippen molar-refractivity contribution in [3.05, 3.63) is 12.7 Å². The van der Waals surface area contributed by atoms with Gasteiger partial charge in [0.15, 0.2) is 11.5 Å². The average molecular weight is 302 g/mol. The van der Waals surface area contributed by atoms with Crippen LogP contribution < -0.4 is 5.73 Å². The number of nitrogen functional groups attached to an aromatic ring is 1. The minimum Gasteiger partial charge on any atom is -0.396 e. The van der Waals surface area contributed by atoms with Crippen LogP contribution >= 0.6 is 12.4 Å². The number of aromatic nitrogens is 4. The van der Waals surface area contributed by atoms with Gasteiger partial charge in [0.2, 0.25) is 0 Å². The second-order valence-electron chi connectivity index (χ2n) is 4.81. The van der Waals surface area contributed by atoms with Gasteiger partial charge in [-0.1, -0.05) is 0 Å². The summed E-state index contributed by atoms with van der Waals surface area (Å²) in [5.74, 6) is -0.0767. The smallest absolute Gasteiger partial charge is 0.165 e. The van der Waals surface area contributed by atoms with Crippen molar-refractivity contribution in [3.63, 3.8) is 0 Å².